The summed E-state index contributed by atoms with van der Waals surface area (Å²) in [5.41, 5.74) is 4.45. The first-order valence-electron chi connectivity index (χ1n) is 14.6. The number of benzene rings is 1. The van der Waals surface area contributed by atoms with Gasteiger partial charge in [-0.05, 0) is 79.2 Å². The first-order chi connectivity index (χ1) is 19.0. The fourth-order valence-electron chi connectivity index (χ4n) is 5.40. The molecule has 3 amide bonds. The molecule has 1 heterocycles. The highest BCUT2D eigenvalue weighted by molar-refractivity contribution is 5.85. The van der Waals surface area contributed by atoms with Crippen LogP contribution in [-0.4, -0.2) is 58.1 Å². The number of hydrogen-bond donors (Lipinski definition) is 3. The van der Waals surface area contributed by atoms with Crippen LogP contribution in [0.2, 0.25) is 0 Å². The highest BCUT2D eigenvalue weighted by atomic mass is 16.6. The zero-order valence-electron chi connectivity index (χ0n) is 26.2. The zero-order valence-corrected chi connectivity index (χ0v) is 26.2. The zero-order chi connectivity index (χ0) is 31.0. The number of esters is 1. The molecule has 1 aromatic carbocycles. The predicted octanol–water partition coefficient (Wildman–Crippen LogP) is 4.47. The summed E-state index contributed by atoms with van der Waals surface area (Å²) in [5.74, 6) is -1.49. The first-order valence-corrected chi connectivity index (χ1v) is 14.6. The fourth-order valence-corrected chi connectivity index (χ4v) is 5.40. The second-order valence-electron chi connectivity index (χ2n) is 13.0. The van der Waals surface area contributed by atoms with Crippen LogP contribution in [0.1, 0.15) is 93.6 Å². The Morgan fingerprint density at radius 3 is 2.12 bits per heavy atom. The van der Waals surface area contributed by atoms with Crippen LogP contribution < -0.4 is 16.2 Å². The molecule has 0 radical (unpaired) electrons. The van der Waals surface area contributed by atoms with Crippen LogP contribution in [-0.2, 0) is 30.4 Å². The van der Waals surface area contributed by atoms with Gasteiger partial charge < -0.3 is 14.8 Å². The van der Waals surface area contributed by atoms with E-state index in [0.29, 0.717) is 13.0 Å². The van der Waals surface area contributed by atoms with Gasteiger partial charge in [-0.25, -0.2) is 10.2 Å². The summed E-state index contributed by atoms with van der Waals surface area (Å²) >= 11 is 0. The minimum absolute atomic E-state index is 0.0543. The molecular formula is C31H50N4O6. The number of likely N-dealkylation sites (tertiary alicyclic amines) is 1. The third-order valence-corrected chi connectivity index (χ3v) is 7.02. The summed E-state index contributed by atoms with van der Waals surface area (Å²) in [7, 11) is 0. The van der Waals surface area contributed by atoms with Crippen LogP contribution in [0.5, 0.6) is 0 Å². The minimum Gasteiger partial charge on any atom is -0.459 e. The number of ether oxygens (including phenoxy) is 2. The second kappa shape index (κ2) is 14.7. The lowest BCUT2D eigenvalue weighted by Crippen LogP contribution is -2.50. The number of amides is 3. The molecule has 1 saturated heterocycles. The van der Waals surface area contributed by atoms with E-state index in [1.807, 2.05) is 58.0 Å². The first kappa shape index (κ1) is 34.1. The topological polar surface area (TPSA) is 126 Å². The number of hydrogen-bond acceptors (Lipinski definition) is 7. The van der Waals surface area contributed by atoms with Gasteiger partial charge in [0.1, 0.15) is 17.2 Å². The van der Waals surface area contributed by atoms with Gasteiger partial charge in [-0.3, -0.25) is 24.7 Å². The molecule has 230 valence electrons. The number of nitrogens with one attached hydrogen (secondary N) is 3. The summed E-state index contributed by atoms with van der Waals surface area (Å²) in [5, 5.41) is 3.01. The highest BCUT2D eigenvalue weighted by Crippen LogP contribution is 2.38. The summed E-state index contributed by atoms with van der Waals surface area (Å²) in [4.78, 5) is 53.4. The molecule has 1 aliphatic heterocycles. The Kier molecular flexibility index (Phi) is 12.2. The molecule has 5 atom stereocenters. The van der Waals surface area contributed by atoms with Gasteiger partial charge in [0.25, 0.3) is 0 Å². The second-order valence-corrected chi connectivity index (χ2v) is 13.0. The molecule has 1 aromatic rings. The van der Waals surface area contributed by atoms with Crippen LogP contribution in [0.15, 0.2) is 30.3 Å². The van der Waals surface area contributed by atoms with E-state index in [9.17, 15) is 19.2 Å². The van der Waals surface area contributed by atoms with Gasteiger partial charge in [-0.15, -0.1) is 0 Å². The van der Waals surface area contributed by atoms with E-state index in [-0.39, 0.29) is 30.3 Å². The van der Waals surface area contributed by atoms with Gasteiger partial charge in [-0.1, -0.05) is 43.7 Å². The third-order valence-electron chi connectivity index (χ3n) is 7.02. The lowest BCUT2D eigenvalue weighted by Gasteiger charge is -2.35. The van der Waals surface area contributed by atoms with Gasteiger partial charge in [0.15, 0.2) is 0 Å². The van der Waals surface area contributed by atoms with E-state index in [2.05, 4.69) is 28.0 Å². The summed E-state index contributed by atoms with van der Waals surface area (Å²) in [6.45, 7) is 16.7. The molecule has 1 fully saturated rings. The van der Waals surface area contributed by atoms with Crippen molar-refractivity contribution in [1.82, 2.24) is 21.1 Å². The van der Waals surface area contributed by atoms with E-state index in [0.717, 1.165) is 18.4 Å². The smallest absolute Gasteiger partial charge is 0.426 e. The van der Waals surface area contributed by atoms with E-state index < -0.39 is 41.1 Å². The molecule has 2 rings (SSSR count). The van der Waals surface area contributed by atoms with Crippen molar-refractivity contribution in [3.8, 4) is 0 Å². The number of nitrogens with zero attached hydrogens (tertiary/aromatic N) is 1. The Bertz CT molecular complexity index is 1030. The summed E-state index contributed by atoms with van der Waals surface area (Å²) in [6, 6.07) is 8.63. The van der Waals surface area contributed by atoms with Gasteiger partial charge in [0.05, 0.1) is 5.92 Å². The molecular weight excluding hydrogens is 524 g/mol. The van der Waals surface area contributed by atoms with Gasteiger partial charge in [0.2, 0.25) is 11.8 Å². The molecule has 0 aromatic heterocycles. The molecule has 41 heavy (non-hydrogen) atoms. The normalized spacial score (nSPS) is 21.0. The Labute approximate surface area is 245 Å². The molecule has 1 aliphatic rings. The van der Waals surface area contributed by atoms with Crippen molar-refractivity contribution in [1.29, 1.82) is 0 Å². The fraction of sp³-hybridized carbons (Fsp3) is 0.677. The quantitative estimate of drug-likeness (QED) is 0.278. The van der Waals surface area contributed by atoms with Crippen molar-refractivity contribution in [2.45, 2.75) is 124 Å². The van der Waals surface area contributed by atoms with Crippen LogP contribution in [0, 0.1) is 11.8 Å². The van der Waals surface area contributed by atoms with Crippen LogP contribution in [0.4, 0.5) is 4.79 Å². The maximum absolute atomic E-state index is 13.6. The van der Waals surface area contributed by atoms with E-state index >= 15 is 0 Å². The van der Waals surface area contributed by atoms with Crippen molar-refractivity contribution >= 4 is 23.9 Å². The van der Waals surface area contributed by atoms with E-state index in [1.165, 1.54) is 6.92 Å². The van der Waals surface area contributed by atoms with Crippen molar-refractivity contribution in [2.24, 2.45) is 11.8 Å². The van der Waals surface area contributed by atoms with Crippen molar-refractivity contribution in [3.63, 3.8) is 0 Å². The molecule has 10 nitrogen and oxygen atoms in total. The summed E-state index contributed by atoms with van der Waals surface area (Å²) in [6.07, 6.45) is 1.74. The Balaban J connectivity index is 2.46. The van der Waals surface area contributed by atoms with Gasteiger partial charge in [-0.2, -0.15) is 0 Å². The van der Waals surface area contributed by atoms with E-state index in [4.69, 9.17) is 9.47 Å². The van der Waals surface area contributed by atoms with Crippen molar-refractivity contribution in [2.75, 3.05) is 0 Å². The molecule has 0 spiro atoms. The lowest BCUT2D eigenvalue weighted by molar-refractivity contribution is -0.161. The van der Waals surface area contributed by atoms with Gasteiger partial charge in [0, 0.05) is 25.6 Å². The number of hydrazine groups is 1. The Hall–Kier alpha value is -3.14. The minimum atomic E-state index is -0.770. The van der Waals surface area contributed by atoms with Gasteiger partial charge >= 0.3 is 12.1 Å². The average molecular weight is 575 g/mol. The SMILES string of the molecule is CCCC(C[C@@H]1[C@H](C(=O)NNC(=O)OC(C)(C)C)C[C@H](C(=O)OC(C)(C)C)N1Cc1ccccc1)C(C)NC(C)=O. The Morgan fingerprint density at radius 1 is 0.976 bits per heavy atom. The monoisotopic (exact) mass is 574 g/mol. The number of rotatable bonds is 10. The average Bonchev–Trinajstić information content (AvgIpc) is 3.18. The van der Waals surface area contributed by atoms with E-state index in [1.54, 1.807) is 20.8 Å². The maximum Gasteiger partial charge on any atom is 0.426 e. The van der Waals surface area contributed by atoms with Crippen molar-refractivity contribution < 1.29 is 28.7 Å². The molecule has 10 heteroatoms. The third kappa shape index (κ3) is 11.3. The van der Waals surface area contributed by atoms with Crippen LogP contribution in [0.3, 0.4) is 0 Å². The Morgan fingerprint density at radius 2 is 1.59 bits per heavy atom. The molecule has 2 unspecified atom stereocenters. The predicted molar refractivity (Wildman–Crippen MR) is 157 cm³/mol. The van der Waals surface area contributed by atoms with Crippen molar-refractivity contribution in [3.05, 3.63) is 35.9 Å². The number of carbonyl (C=O) groups is 4. The molecule has 0 saturated carbocycles. The molecule has 3 N–H and O–H groups in total. The standard InChI is InChI=1S/C31H50N4O6/c1-10-14-23(20(2)32-21(3)36)17-25-24(27(37)33-34-29(39)41-31(7,8)9)18-26(28(38)40-30(4,5)6)35(25)19-22-15-12-11-13-16-22/h11-13,15-16,20,23-26H,10,14,17-19H2,1-9H3,(H,32,36)(H,33,37)(H,34,39)/t20?,23?,24-,25-,26-/m1/s1. The molecule has 0 aliphatic carbocycles. The number of carbonyl (C=O) groups excluding carboxylic acids is 4. The summed E-state index contributed by atoms with van der Waals surface area (Å²) < 4.78 is 11.1. The van der Waals surface area contributed by atoms with Crippen LogP contribution >= 0.6 is 0 Å². The van der Waals surface area contributed by atoms with Crippen LogP contribution in [0.25, 0.3) is 0 Å². The lowest BCUT2D eigenvalue weighted by atomic mass is 9.84. The molecule has 0 bridgehead atoms. The largest absolute Gasteiger partial charge is 0.459 e. The highest BCUT2D eigenvalue weighted by Gasteiger charge is 2.49. The maximum atomic E-state index is 13.6.